The lowest BCUT2D eigenvalue weighted by molar-refractivity contribution is 0.577. The minimum absolute atomic E-state index is 0.374. The number of hydrogen-bond acceptors (Lipinski definition) is 2. The first-order valence-corrected chi connectivity index (χ1v) is 7.38. The van der Waals surface area contributed by atoms with E-state index in [2.05, 4.69) is 31.3 Å². The summed E-state index contributed by atoms with van der Waals surface area (Å²) in [6, 6.07) is 8.49. The van der Waals surface area contributed by atoms with Gasteiger partial charge in [0.25, 0.3) is 0 Å². The van der Waals surface area contributed by atoms with Gasteiger partial charge in [0, 0.05) is 16.8 Å². The van der Waals surface area contributed by atoms with Crippen LogP contribution in [-0.4, -0.2) is 18.1 Å². The smallest absolute Gasteiger partial charge is 0.0454 e. The van der Waals surface area contributed by atoms with E-state index in [1.165, 1.54) is 5.56 Å². The molecular weight excluding hydrogens is 238 g/mol. The van der Waals surface area contributed by atoms with Crippen LogP contribution in [0.25, 0.3) is 0 Å². The highest BCUT2D eigenvalue weighted by Crippen LogP contribution is 2.25. The molecule has 0 bridgehead atoms. The monoisotopic (exact) mass is 257 g/mol. The molecule has 0 spiro atoms. The number of benzene rings is 1. The maximum absolute atomic E-state index is 6.23. The van der Waals surface area contributed by atoms with Gasteiger partial charge >= 0.3 is 0 Å². The van der Waals surface area contributed by atoms with Gasteiger partial charge in [0.1, 0.15) is 0 Å². The largest absolute Gasteiger partial charge is 0.309 e. The molecule has 90 valence electrons. The average Bonchev–Trinajstić information content (AvgIpc) is 2.31. The summed E-state index contributed by atoms with van der Waals surface area (Å²) in [5.74, 6) is 2.23. The van der Waals surface area contributed by atoms with Crippen molar-refractivity contribution in [3.63, 3.8) is 0 Å². The van der Waals surface area contributed by atoms with Crippen molar-refractivity contribution in [1.82, 2.24) is 5.32 Å². The van der Waals surface area contributed by atoms with Gasteiger partial charge in [-0.05, 0) is 30.3 Å². The number of halogens is 1. The molecule has 1 aromatic carbocycles. The maximum Gasteiger partial charge on any atom is 0.0454 e. The van der Waals surface area contributed by atoms with Gasteiger partial charge in [0.05, 0.1) is 0 Å². The highest BCUT2D eigenvalue weighted by molar-refractivity contribution is 7.99. The van der Waals surface area contributed by atoms with Gasteiger partial charge in [-0.15, -0.1) is 0 Å². The van der Waals surface area contributed by atoms with Crippen molar-refractivity contribution in [2.24, 2.45) is 0 Å². The second-order valence-corrected chi connectivity index (χ2v) is 5.41. The molecule has 0 heterocycles. The molecule has 3 heteroatoms. The van der Waals surface area contributed by atoms with Gasteiger partial charge in [-0.3, -0.25) is 0 Å². The summed E-state index contributed by atoms with van der Waals surface area (Å²) in [5.41, 5.74) is 1.22. The number of nitrogens with one attached hydrogen (secondary N) is 1. The Balaban J connectivity index is 2.70. The lowest BCUT2D eigenvalue weighted by Gasteiger charge is -2.19. The maximum atomic E-state index is 6.23. The van der Waals surface area contributed by atoms with Gasteiger partial charge in [-0.25, -0.2) is 0 Å². The first kappa shape index (κ1) is 13.9. The van der Waals surface area contributed by atoms with Gasteiger partial charge < -0.3 is 5.32 Å². The topological polar surface area (TPSA) is 12.0 Å². The van der Waals surface area contributed by atoms with Crippen LogP contribution in [0.4, 0.5) is 0 Å². The molecule has 0 aliphatic heterocycles. The van der Waals surface area contributed by atoms with Crippen LogP contribution in [0.1, 0.15) is 31.9 Å². The lowest BCUT2D eigenvalue weighted by Crippen LogP contribution is -2.24. The van der Waals surface area contributed by atoms with Crippen molar-refractivity contribution in [3.05, 3.63) is 34.9 Å². The Labute approximate surface area is 108 Å². The molecule has 0 saturated carbocycles. The van der Waals surface area contributed by atoms with E-state index < -0.39 is 0 Å². The number of hydrogen-bond donors (Lipinski definition) is 1. The third-order valence-electron chi connectivity index (χ3n) is 2.41. The Morgan fingerprint density at radius 1 is 1.31 bits per heavy atom. The number of thioether (sulfide) groups is 1. The molecule has 1 unspecified atom stereocenters. The van der Waals surface area contributed by atoms with Crippen molar-refractivity contribution >= 4 is 23.4 Å². The summed E-state index contributed by atoms with van der Waals surface area (Å²) < 4.78 is 0. The molecule has 0 saturated heterocycles. The fraction of sp³-hybridized carbons (Fsp3) is 0.538. The molecule has 1 nitrogen and oxygen atoms in total. The van der Waals surface area contributed by atoms with Crippen LogP contribution in [0.3, 0.4) is 0 Å². The SMILES string of the molecule is CCCNC(CSCC)c1ccccc1Cl. The highest BCUT2D eigenvalue weighted by atomic mass is 35.5. The molecule has 0 aliphatic carbocycles. The summed E-state index contributed by atoms with van der Waals surface area (Å²) in [5, 5.41) is 4.42. The minimum atomic E-state index is 0.374. The molecule has 0 aromatic heterocycles. The summed E-state index contributed by atoms with van der Waals surface area (Å²) in [4.78, 5) is 0. The molecule has 1 atom stereocenters. The first-order chi connectivity index (χ1) is 7.79. The third-order valence-corrected chi connectivity index (χ3v) is 3.73. The Hall–Kier alpha value is -0.180. The van der Waals surface area contributed by atoms with Gasteiger partial charge in [-0.2, -0.15) is 11.8 Å². The Morgan fingerprint density at radius 2 is 2.06 bits per heavy atom. The van der Waals surface area contributed by atoms with E-state index in [1.807, 2.05) is 23.9 Å². The average molecular weight is 258 g/mol. The lowest BCUT2D eigenvalue weighted by atomic mass is 10.1. The molecular formula is C13H20ClNS. The fourth-order valence-electron chi connectivity index (χ4n) is 1.57. The van der Waals surface area contributed by atoms with E-state index in [9.17, 15) is 0 Å². The van der Waals surface area contributed by atoms with Crippen molar-refractivity contribution in [2.75, 3.05) is 18.1 Å². The van der Waals surface area contributed by atoms with Crippen LogP contribution in [0.5, 0.6) is 0 Å². The molecule has 0 fully saturated rings. The van der Waals surface area contributed by atoms with Crippen molar-refractivity contribution < 1.29 is 0 Å². The fourth-order valence-corrected chi connectivity index (χ4v) is 2.61. The second kappa shape index (κ2) is 7.99. The van der Waals surface area contributed by atoms with Crippen molar-refractivity contribution in [2.45, 2.75) is 26.3 Å². The predicted molar refractivity (Wildman–Crippen MR) is 75.5 cm³/mol. The van der Waals surface area contributed by atoms with Crippen molar-refractivity contribution in [3.8, 4) is 0 Å². The summed E-state index contributed by atoms with van der Waals surface area (Å²) in [7, 11) is 0. The van der Waals surface area contributed by atoms with E-state index in [-0.39, 0.29) is 0 Å². The molecule has 1 rings (SSSR count). The van der Waals surface area contributed by atoms with Crippen LogP contribution < -0.4 is 5.32 Å². The molecule has 0 amide bonds. The van der Waals surface area contributed by atoms with E-state index in [0.29, 0.717) is 6.04 Å². The van der Waals surface area contributed by atoms with Gasteiger partial charge in [0.15, 0.2) is 0 Å². The third kappa shape index (κ3) is 4.36. The molecule has 0 radical (unpaired) electrons. The minimum Gasteiger partial charge on any atom is -0.309 e. The Kier molecular flexibility index (Phi) is 6.93. The molecule has 1 N–H and O–H groups in total. The Morgan fingerprint density at radius 3 is 2.69 bits per heavy atom. The van der Waals surface area contributed by atoms with Gasteiger partial charge in [0.2, 0.25) is 0 Å². The van der Waals surface area contributed by atoms with E-state index in [4.69, 9.17) is 11.6 Å². The molecule has 1 aromatic rings. The standard InChI is InChI=1S/C13H20ClNS/c1-3-9-15-13(10-16-4-2)11-7-5-6-8-12(11)14/h5-8,13,15H,3-4,9-10H2,1-2H3. The van der Waals surface area contributed by atoms with Crippen LogP contribution in [0, 0.1) is 0 Å². The number of rotatable bonds is 7. The molecule has 0 aliphatic rings. The summed E-state index contributed by atoms with van der Waals surface area (Å²) in [6.45, 7) is 5.41. The zero-order valence-electron chi connectivity index (χ0n) is 10.0. The first-order valence-electron chi connectivity index (χ1n) is 5.85. The summed E-state index contributed by atoms with van der Waals surface area (Å²) >= 11 is 8.18. The van der Waals surface area contributed by atoms with E-state index in [1.54, 1.807) is 0 Å². The van der Waals surface area contributed by atoms with E-state index in [0.717, 1.165) is 29.5 Å². The second-order valence-electron chi connectivity index (χ2n) is 3.69. The normalized spacial score (nSPS) is 12.7. The van der Waals surface area contributed by atoms with E-state index >= 15 is 0 Å². The van der Waals surface area contributed by atoms with Crippen LogP contribution in [0.2, 0.25) is 5.02 Å². The molecule has 16 heavy (non-hydrogen) atoms. The van der Waals surface area contributed by atoms with Crippen molar-refractivity contribution in [1.29, 1.82) is 0 Å². The van der Waals surface area contributed by atoms with Crippen LogP contribution >= 0.6 is 23.4 Å². The quantitative estimate of drug-likeness (QED) is 0.788. The predicted octanol–water partition coefficient (Wildman–Crippen LogP) is 4.13. The van der Waals surface area contributed by atoms with Crippen LogP contribution in [-0.2, 0) is 0 Å². The van der Waals surface area contributed by atoms with Crippen LogP contribution in [0.15, 0.2) is 24.3 Å². The summed E-state index contributed by atoms with van der Waals surface area (Å²) in [6.07, 6.45) is 1.15. The zero-order chi connectivity index (χ0) is 11.8. The highest BCUT2D eigenvalue weighted by Gasteiger charge is 2.12. The van der Waals surface area contributed by atoms with Gasteiger partial charge in [-0.1, -0.05) is 43.6 Å². The Bertz CT molecular complexity index is 296. The zero-order valence-corrected chi connectivity index (χ0v) is 11.6.